The molecule has 3 nitrogen and oxygen atoms in total. The molecule has 2 aromatic heterocycles. The summed E-state index contributed by atoms with van der Waals surface area (Å²) in [5.74, 6) is 1.06. The van der Waals surface area contributed by atoms with E-state index in [1.54, 1.807) is 6.20 Å². The highest BCUT2D eigenvalue weighted by molar-refractivity contribution is 9.10. The van der Waals surface area contributed by atoms with Crippen LogP contribution in [0.4, 0.5) is 0 Å². The molecule has 0 aliphatic carbocycles. The molecule has 0 saturated heterocycles. The molecule has 0 saturated carbocycles. The van der Waals surface area contributed by atoms with Gasteiger partial charge in [0.05, 0.1) is 11.6 Å². The standard InChI is InChI=1S/C13H8BrCl2N3/c14-9-6-8(16)3-4-11(9)19-12(7-15)18-10-2-1-5-17-13(10)19/h1-6H,7H2. The fraction of sp³-hybridized carbons (Fsp3) is 0.0769. The molecule has 0 unspecified atom stereocenters. The summed E-state index contributed by atoms with van der Waals surface area (Å²) in [6, 6.07) is 9.35. The molecule has 0 aliphatic rings. The van der Waals surface area contributed by atoms with Crippen molar-refractivity contribution >= 4 is 50.3 Å². The van der Waals surface area contributed by atoms with Crippen LogP contribution in [-0.2, 0) is 5.88 Å². The Labute approximate surface area is 128 Å². The molecule has 96 valence electrons. The number of hydrogen-bond acceptors (Lipinski definition) is 2. The quantitative estimate of drug-likeness (QED) is 0.629. The number of nitrogens with zero attached hydrogens (tertiary/aromatic N) is 3. The summed E-state index contributed by atoms with van der Waals surface area (Å²) in [6.45, 7) is 0. The molecular formula is C13H8BrCl2N3. The van der Waals surface area contributed by atoms with Gasteiger partial charge in [-0.25, -0.2) is 9.97 Å². The van der Waals surface area contributed by atoms with Crippen LogP contribution in [0.2, 0.25) is 5.02 Å². The maximum Gasteiger partial charge on any atom is 0.164 e. The first-order chi connectivity index (χ1) is 9.20. The van der Waals surface area contributed by atoms with Gasteiger partial charge in [-0.05, 0) is 46.3 Å². The topological polar surface area (TPSA) is 30.7 Å². The number of benzene rings is 1. The van der Waals surface area contributed by atoms with Crippen LogP contribution in [0, 0.1) is 0 Å². The molecule has 2 heterocycles. The molecule has 0 bridgehead atoms. The third kappa shape index (κ3) is 2.24. The van der Waals surface area contributed by atoms with Gasteiger partial charge in [0.15, 0.2) is 5.65 Å². The number of fused-ring (bicyclic) bond motifs is 1. The van der Waals surface area contributed by atoms with Crippen molar-refractivity contribution in [2.75, 3.05) is 0 Å². The Bertz CT molecular complexity index is 755. The molecule has 0 spiro atoms. The van der Waals surface area contributed by atoms with E-state index in [0.29, 0.717) is 10.9 Å². The number of hydrogen-bond donors (Lipinski definition) is 0. The smallest absolute Gasteiger partial charge is 0.164 e. The molecular weight excluding hydrogens is 349 g/mol. The van der Waals surface area contributed by atoms with Crippen LogP contribution in [0.3, 0.4) is 0 Å². The van der Waals surface area contributed by atoms with E-state index in [0.717, 1.165) is 27.1 Å². The number of aromatic nitrogens is 3. The molecule has 0 N–H and O–H groups in total. The lowest BCUT2D eigenvalue weighted by molar-refractivity contribution is 0.965. The first kappa shape index (κ1) is 12.9. The van der Waals surface area contributed by atoms with Gasteiger partial charge in [-0.1, -0.05) is 11.6 Å². The van der Waals surface area contributed by atoms with E-state index >= 15 is 0 Å². The Balaban J connectivity index is 2.34. The molecule has 3 rings (SSSR count). The van der Waals surface area contributed by atoms with E-state index in [1.807, 2.05) is 34.9 Å². The van der Waals surface area contributed by atoms with Crippen molar-refractivity contribution in [3.63, 3.8) is 0 Å². The van der Waals surface area contributed by atoms with Crippen molar-refractivity contribution in [3.8, 4) is 5.69 Å². The minimum Gasteiger partial charge on any atom is -0.279 e. The predicted octanol–water partition coefficient (Wildman–Crippen LogP) is 4.58. The minimum absolute atomic E-state index is 0.311. The maximum atomic E-state index is 5.98. The van der Waals surface area contributed by atoms with Gasteiger partial charge < -0.3 is 0 Å². The van der Waals surface area contributed by atoms with Gasteiger partial charge >= 0.3 is 0 Å². The zero-order valence-corrected chi connectivity index (χ0v) is 12.7. The fourth-order valence-corrected chi connectivity index (χ4v) is 3.00. The predicted molar refractivity (Wildman–Crippen MR) is 81.1 cm³/mol. The van der Waals surface area contributed by atoms with Crippen molar-refractivity contribution < 1.29 is 0 Å². The van der Waals surface area contributed by atoms with E-state index in [2.05, 4.69) is 25.9 Å². The van der Waals surface area contributed by atoms with Crippen LogP contribution in [0.1, 0.15) is 5.82 Å². The van der Waals surface area contributed by atoms with Crippen LogP contribution < -0.4 is 0 Å². The summed E-state index contributed by atoms with van der Waals surface area (Å²) in [5, 5.41) is 0.667. The number of pyridine rings is 1. The normalized spacial score (nSPS) is 11.1. The van der Waals surface area contributed by atoms with Crippen LogP contribution in [-0.4, -0.2) is 14.5 Å². The summed E-state index contributed by atoms with van der Waals surface area (Å²) in [5.41, 5.74) is 2.52. The lowest BCUT2D eigenvalue weighted by atomic mass is 10.3. The second kappa shape index (κ2) is 5.12. The molecule has 19 heavy (non-hydrogen) atoms. The minimum atomic E-state index is 0.311. The Morgan fingerprint density at radius 2 is 2.11 bits per heavy atom. The summed E-state index contributed by atoms with van der Waals surface area (Å²) in [4.78, 5) is 8.86. The molecule has 0 radical (unpaired) electrons. The summed E-state index contributed by atoms with van der Waals surface area (Å²) in [7, 11) is 0. The van der Waals surface area contributed by atoms with E-state index in [-0.39, 0.29) is 0 Å². The molecule has 0 aliphatic heterocycles. The third-order valence-corrected chi connectivity index (χ3v) is 3.86. The number of rotatable bonds is 2. The highest BCUT2D eigenvalue weighted by atomic mass is 79.9. The zero-order valence-electron chi connectivity index (χ0n) is 9.65. The lowest BCUT2D eigenvalue weighted by Crippen LogP contribution is -2.01. The summed E-state index contributed by atoms with van der Waals surface area (Å²) < 4.78 is 2.80. The number of imidazole rings is 1. The largest absolute Gasteiger partial charge is 0.279 e. The summed E-state index contributed by atoms with van der Waals surface area (Å²) in [6.07, 6.45) is 1.74. The Morgan fingerprint density at radius 1 is 1.26 bits per heavy atom. The van der Waals surface area contributed by atoms with E-state index in [1.165, 1.54) is 0 Å². The molecule has 0 atom stereocenters. The Kier molecular flexibility index (Phi) is 3.48. The van der Waals surface area contributed by atoms with E-state index in [4.69, 9.17) is 23.2 Å². The van der Waals surface area contributed by atoms with Gasteiger partial charge in [-0.2, -0.15) is 0 Å². The van der Waals surface area contributed by atoms with Crippen LogP contribution in [0.15, 0.2) is 41.0 Å². The molecule has 6 heteroatoms. The monoisotopic (exact) mass is 355 g/mol. The van der Waals surface area contributed by atoms with E-state index < -0.39 is 0 Å². The average molecular weight is 357 g/mol. The Hall–Kier alpha value is -1.10. The van der Waals surface area contributed by atoms with Crippen LogP contribution >= 0.6 is 39.1 Å². The number of halogens is 3. The zero-order chi connectivity index (χ0) is 13.4. The SMILES string of the molecule is ClCc1nc2cccnc2n1-c1ccc(Cl)cc1Br. The first-order valence-corrected chi connectivity index (χ1v) is 7.25. The third-order valence-electron chi connectivity index (χ3n) is 2.76. The first-order valence-electron chi connectivity index (χ1n) is 5.54. The van der Waals surface area contributed by atoms with Gasteiger partial charge in [0.25, 0.3) is 0 Å². The molecule has 1 aromatic carbocycles. The number of alkyl halides is 1. The van der Waals surface area contributed by atoms with Gasteiger partial charge in [0.2, 0.25) is 0 Å². The van der Waals surface area contributed by atoms with Gasteiger partial charge in [0, 0.05) is 15.7 Å². The van der Waals surface area contributed by atoms with Gasteiger partial charge in [-0.15, -0.1) is 11.6 Å². The molecule has 0 fully saturated rings. The second-order valence-corrected chi connectivity index (χ2v) is 5.50. The summed E-state index contributed by atoms with van der Waals surface area (Å²) >= 11 is 15.5. The highest BCUT2D eigenvalue weighted by Gasteiger charge is 2.14. The lowest BCUT2D eigenvalue weighted by Gasteiger charge is -2.09. The van der Waals surface area contributed by atoms with Gasteiger partial charge in [-0.3, -0.25) is 4.57 Å². The fourth-order valence-electron chi connectivity index (χ4n) is 1.96. The van der Waals surface area contributed by atoms with Crippen LogP contribution in [0.25, 0.3) is 16.9 Å². The van der Waals surface area contributed by atoms with Gasteiger partial charge in [0.1, 0.15) is 11.3 Å². The molecule has 3 aromatic rings. The maximum absolute atomic E-state index is 5.98. The van der Waals surface area contributed by atoms with E-state index in [9.17, 15) is 0 Å². The average Bonchev–Trinajstić information content (AvgIpc) is 2.77. The van der Waals surface area contributed by atoms with Crippen molar-refractivity contribution in [1.82, 2.24) is 14.5 Å². The van der Waals surface area contributed by atoms with Crippen LogP contribution in [0.5, 0.6) is 0 Å². The Morgan fingerprint density at radius 3 is 2.84 bits per heavy atom. The second-order valence-electron chi connectivity index (χ2n) is 3.94. The van der Waals surface area contributed by atoms with Crippen molar-refractivity contribution in [3.05, 3.63) is 51.8 Å². The molecule has 0 amide bonds. The van der Waals surface area contributed by atoms with Crippen molar-refractivity contribution in [1.29, 1.82) is 0 Å². The van der Waals surface area contributed by atoms with Crippen molar-refractivity contribution in [2.24, 2.45) is 0 Å². The highest BCUT2D eigenvalue weighted by Crippen LogP contribution is 2.29. The van der Waals surface area contributed by atoms with Crippen molar-refractivity contribution in [2.45, 2.75) is 5.88 Å².